The number of ketones is 1. The number of Topliss-reactive ketones (excluding diaryl/α,β-unsaturated/α-hetero) is 1. The van der Waals surface area contributed by atoms with Crippen molar-refractivity contribution >= 4 is 5.78 Å². The number of hydrogen-bond acceptors (Lipinski definition) is 2. The minimum Gasteiger partial charge on any atom is -0.298 e. The molecule has 0 bridgehead atoms. The van der Waals surface area contributed by atoms with Crippen molar-refractivity contribution in [3.8, 4) is 0 Å². The van der Waals surface area contributed by atoms with E-state index in [1.54, 1.807) is 0 Å². The number of carbonyl (C=O) groups is 1. The van der Waals surface area contributed by atoms with Crippen molar-refractivity contribution in [3.63, 3.8) is 0 Å². The van der Waals surface area contributed by atoms with E-state index in [-0.39, 0.29) is 5.41 Å². The second-order valence-electron chi connectivity index (χ2n) is 6.65. The Labute approximate surface area is 101 Å². The average molecular weight is 227 g/mol. The first-order valence-electron chi connectivity index (χ1n) is 6.38. The molecule has 0 N–H and O–H groups in total. The Hall–Kier alpha value is -0.370. The van der Waals surface area contributed by atoms with Crippen LogP contribution in [0.2, 0.25) is 0 Å². The van der Waals surface area contributed by atoms with Crippen molar-refractivity contribution in [2.75, 3.05) is 19.6 Å². The first-order chi connectivity index (χ1) is 7.12. The van der Waals surface area contributed by atoms with E-state index in [9.17, 15) is 4.79 Å². The summed E-state index contributed by atoms with van der Waals surface area (Å²) in [5, 5.41) is 0. The lowest BCUT2D eigenvalue weighted by atomic mass is 9.90. The Morgan fingerprint density at radius 1 is 1.00 bits per heavy atom. The molecule has 0 saturated carbocycles. The van der Waals surface area contributed by atoms with E-state index < -0.39 is 0 Å². The molecule has 2 heteroatoms. The number of hydrogen-bond donors (Lipinski definition) is 0. The fraction of sp³-hybridized carbons (Fsp3) is 0.929. The van der Waals surface area contributed by atoms with Crippen LogP contribution in [0, 0.1) is 17.3 Å². The van der Waals surface area contributed by atoms with Crippen LogP contribution in [0.5, 0.6) is 0 Å². The van der Waals surface area contributed by atoms with E-state index in [1.165, 1.54) is 0 Å². The SMILES string of the molecule is CC(C)CN(CC(=O)C(C)(C)C)CC(C)C. The Morgan fingerprint density at radius 3 is 1.62 bits per heavy atom. The predicted octanol–water partition coefficient (Wildman–Crippen LogP) is 3.22. The third kappa shape index (κ3) is 7.00. The first kappa shape index (κ1) is 15.6. The third-order valence-electron chi connectivity index (χ3n) is 2.45. The fourth-order valence-electron chi connectivity index (χ4n) is 1.68. The maximum atomic E-state index is 12.0. The Bertz CT molecular complexity index is 203. The largest absolute Gasteiger partial charge is 0.298 e. The molecule has 0 aliphatic rings. The van der Waals surface area contributed by atoms with Gasteiger partial charge >= 0.3 is 0 Å². The van der Waals surface area contributed by atoms with Crippen molar-refractivity contribution in [1.29, 1.82) is 0 Å². The summed E-state index contributed by atoms with van der Waals surface area (Å²) < 4.78 is 0. The van der Waals surface area contributed by atoms with Crippen molar-refractivity contribution in [1.82, 2.24) is 4.90 Å². The molecule has 0 aliphatic carbocycles. The maximum Gasteiger partial charge on any atom is 0.152 e. The molecule has 2 nitrogen and oxygen atoms in total. The minimum atomic E-state index is -0.216. The average Bonchev–Trinajstić information content (AvgIpc) is 1.98. The Morgan fingerprint density at radius 2 is 1.38 bits per heavy atom. The highest BCUT2D eigenvalue weighted by molar-refractivity contribution is 5.85. The molecule has 0 aliphatic heterocycles. The fourth-order valence-corrected chi connectivity index (χ4v) is 1.68. The van der Waals surface area contributed by atoms with Crippen LogP contribution in [-0.4, -0.2) is 30.3 Å². The van der Waals surface area contributed by atoms with Crippen LogP contribution >= 0.6 is 0 Å². The van der Waals surface area contributed by atoms with Crippen molar-refractivity contribution < 1.29 is 4.79 Å². The molecule has 16 heavy (non-hydrogen) atoms. The molecule has 0 aromatic heterocycles. The molecule has 96 valence electrons. The lowest BCUT2D eigenvalue weighted by Gasteiger charge is -2.28. The van der Waals surface area contributed by atoms with E-state index in [0.717, 1.165) is 13.1 Å². The molecule has 0 spiro atoms. The van der Waals surface area contributed by atoms with Crippen LogP contribution in [0.4, 0.5) is 0 Å². The Balaban J connectivity index is 4.36. The highest BCUT2D eigenvalue weighted by Crippen LogP contribution is 2.16. The molecular formula is C14H29NO. The van der Waals surface area contributed by atoms with Crippen LogP contribution in [0.3, 0.4) is 0 Å². The molecular weight excluding hydrogens is 198 g/mol. The standard InChI is InChI=1S/C14H29NO/c1-11(2)8-15(9-12(3)4)10-13(16)14(5,6)7/h11-12H,8-10H2,1-7H3. The van der Waals surface area contributed by atoms with E-state index in [4.69, 9.17) is 0 Å². The molecule has 0 unspecified atom stereocenters. The van der Waals surface area contributed by atoms with Crippen molar-refractivity contribution in [3.05, 3.63) is 0 Å². The summed E-state index contributed by atoms with van der Waals surface area (Å²) in [6.07, 6.45) is 0. The van der Waals surface area contributed by atoms with Crippen molar-refractivity contribution in [2.24, 2.45) is 17.3 Å². The topological polar surface area (TPSA) is 20.3 Å². The second kappa shape index (κ2) is 6.39. The lowest BCUT2D eigenvalue weighted by molar-refractivity contribution is -0.127. The molecule has 0 saturated heterocycles. The van der Waals surface area contributed by atoms with Gasteiger partial charge in [0.05, 0.1) is 6.54 Å². The smallest absolute Gasteiger partial charge is 0.152 e. The van der Waals surface area contributed by atoms with Gasteiger partial charge in [-0.3, -0.25) is 9.69 Å². The molecule has 0 heterocycles. The Kier molecular flexibility index (Phi) is 6.24. The van der Waals surface area contributed by atoms with E-state index >= 15 is 0 Å². The summed E-state index contributed by atoms with van der Waals surface area (Å²) in [4.78, 5) is 14.3. The molecule has 0 fully saturated rings. The zero-order valence-corrected chi connectivity index (χ0v) is 12.1. The molecule has 0 aromatic carbocycles. The van der Waals surface area contributed by atoms with E-state index in [0.29, 0.717) is 24.2 Å². The van der Waals surface area contributed by atoms with Gasteiger partial charge in [0.2, 0.25) is 0 Å². The van der Waals surface area contributed by atoms with Gasteiger partial charge in [-0.2, -0.15) is 0 Å². The van der Waals surface area contributed by atoms with Crippen LogP contribution in [-0.2, 0) is 4.79 Å². The first-order valence-corrected chi connectivity index (χ1v) is 6.38. The third-order valence-corrected chi connectivity index (χ3v) is 2.45. The molecule has 0 radical (unpaired) electrons. The molecule has 0 amide bonds. The predicted molar refractivity (Wildman–Crippen MR) is 70.6 cm³/mol. The zero-order valence-electron chi connectivity index (χ0n) is 12.1. The summed E-state index contributed by atoms with van der Waals surface area (Å²) in [6, 6.07) is 0. The van der Waals surface area contributed by atoms with Gasteiger partial charge in [0.15, 0.2) is 5.78 Å². The number of nitrogens with zero attached hydrogens (tertiary/aromatic N) is 1. The minimum absolute atomic E-state index is 0.216. The van der Waals surface area contributed by atoms with E-state index in [1.807, 2.05) is 20.8 Å². The van der Waals surface area contributed by atoms with Gasteiger partial charge in [-0.15, -0.1) is 0 Å². The van der Waals surface area contributed by atoms with Gasteiger partial charge in [-0.1, -0.05) is 48.5 Å². The van der Waals surface area contributed by atoms with Crippen LogP contribution in [0.1, 0.15) is 48.5 Å². The monoisotopic (exact) mass is 227 g/mol. The van der Waals surface area contributed by atoms with Gasteiger partial charge in [-0.25, -0.2) is 0 Å². The molecule has 0 aromatic rings. The van der Waals surface area contributed by atoms with Gasteiger partial charge in [0, 0.05) is 18.5 Å². The summed E-state index contributed by atoms with van der Waals surface area (Å²) in [5.74, 6) is 1.58. The second-order valence-corrected chi connectivity index (χ2v) is 6.65. The lowest BCUT2D eigenvalue weighted by Crippen LogP contribution is -2.39. The van der Waals surface area contributed by atoms with Crippen LogP contribution in [0.25, 0.3) is 0 Å². The maximum absolute atomic E-state index is 12.0. The van der Waals surface area contributed by atoms with Gasteiger partial charge in [0.1, 0.15) is 0 Å². The summed E-state index contributed by atoms with van der Waals surface area (Å²) >= 11 is 0. The summed E-state index contributed by atoms with van der Waals surface area (Å²) in [7, 11) is 0. The van der Waals surface area contributed by atoms with Gasteiger partial charge in [0.25, 0.3) is 0 Å². The summed E-state index contributed by atoms with van der Waals surface area (Å²) in [6.45, 7) is 17.4. The molecule has 0 atom stereocenters. The quantitative estimate of drug-likeness (QED) is 0.694. The zero-order chi connectivity index (χ0) is 12.9. The highest BCUT2D eigenvalue weighted by Gasteiger charge is 2.23. The van der Waals surface area contributed by atoms with Gasteiger partial charge in [-0.05, 0) is 11.8 Å². The summed E-state index contributed by atoms with van der Waals surface area (Å²) in [5.41, 5.74) is -0.216. The highest BCUT2D eigenvalue weighted by atomic mass is 16.1. The van der Waals surface area contributed by atoms with Crippen LogP contribution < -0.4 is 0 Å². The number of rotatable bonds is 6. The molecule has 0 rings (SSSR count). The normalized spacial score (nSPS) is 12.9. The van der Waals surface area contributed by atoms with E-state index in [2.05, 4.69) is 32.6 Å². The van der Waals surface area contributed by atoms with Gasteiger partial charge < -0.3 is 0 Å². The van der Waals surface area contributed by atoms with Crippen LogP contribution in [0.15, 0.2) is 0 Å². The number of carbonyl (C=O) groups excluding carboxylic acids is 1. The van der Waals surface area contributed by atoms with Crippen molar-refractivity contribution in [2.45, 2.75) is 48.5 Å².